The van der Waals surface area contributed by atoms with E-state index in [1.807, 2.05) is 0 Å². The van der Waals surface area contributed by atoms with Gasteiger partial charge in [-0.1, -0.05) is 0 Å². The van der Waals surface area contributed by atoms with E-state index >= 15 is 0 Å². The molecule has 3 N–H and O–H groups in total. The number of nitrogens with one attached hydrogen (secondary N) is 1. The van der Waals surface area contributed by atoms with Crippen molar-refractivity contribution in [3.8, 4) is 17.0 Å². The first-order valence-electron chi connectivity index (χ1n) is 8.66. The van der Waals surface area contributed by atoms with Gasteiger partial charge in [0.05, 0.1) is 16.7 Å². The van der Waals surface area contributed by atoms with E-state index in [9.17, 15) is 14.6 Å². The minimum atomic E-state index is -0.914. The summed E-state index contributed by atoms with van der Waals surface area (Å²) in [7, 11) is 0. The van der Waals surface area contributed by atoms with Gasteiger partial charge < -0.3 is 15.5 Å². The van der Waals surface area contributed by atoms with E-state index in [0.717, 1.165) is 18.4 Å². The molecule has 1 aliphatic carbocycles. The number of phenols is 1. The lowest BCUT2D eigenvalue weighted by atomic mass is 10.0. The van der Waals surface area contributed by atoms with Crippen LogP contribution in [0.1, 0.15) is 38.2 Å². The van der Waals surface area contributed by atoms with Crippen LogP contribution in [-0.4, -0.2) is 37.0 Å². The monoisotopic (exact) mass is 356 g/mol. The van der Waals surface area contributed by atoms with Gasteiger partial charge in [0.1, 0.15) is 17.3 Å². The molecule has 1 aromatic carbocycles. The summed E-state index contributed by atoms with van der Waals surface area (Å²) in [5.41, 5.74) is 0.863. The van der Waals surface area contributed by atoms with Crippen molar-refractivity contribution >= 4 is 11.5 Å². The molecule has 2 heterocycles. The molecule has 0 unspecified atom stereocenters. The van der Waals surface area contributed by atoms with E-state index in [-0.39, 0.29) is 23.6 Å². The fourth-order valence-electron chi connectivity index (χ4n) is 3.05. The second-order valence-electron chi connectivity index (χ2n) is 7.47. The van der Waals surface area contributed by atoms with Crippen LogP contribution in [0.25, 0.3) is 16.8 Å². The van der Waals surface area contributed by atoms with E-state index in [1.54, 1.807) is 42.6 Å². The first kappa shape index (κ1) is 16.8. The fraction of sp³-hybridized carbons (Fsp3) is 0.368. The van der Waals surface area contributed by atoms with Crippen molar-refractivity contribution in [2.75, 3.05) is 11.9 Å². The predicted molar refractivity (Wildman–Crippen MR) is 96.8 cm³/mol. The number of phenolic OH excluding ortho intramolecular Hbond substituents is 1. The molecule has 0 saturated heterocycles. The Labute approximate surface area is 150 Å². The number of fused-ring (bicyclic) bond motifs is 1. The third-order valence-electron chi connectivity index (χ3n) is 4.52. The molecule has 26 heavy (non-hydrogen) atoms. The van der Waals surface area contributed by atoms with Crippen LogP contribution in [0.15, 0.2) is 30.5 Å². The number of halogens is 1. The van der Waals surface area contributed by atoms with Crippen molar-refractivity contribution in [3.05, 3.63) is 41.8 Å². The zero-order valence-corrected chi connectivity index (χ0v) is 14.7. The second kappa shape index (κ2) is 5.95. The molecular weight excluding hydrogens is 335 g/mol. The van der Waals surface area contributed by atoms with E-state index < -0.39 is 11.4 Å². The highest BCUT2D eigenvalue weighted by Gasteiger charge is 2.27. The molecule has 0 atom stereocenters. The molecule has 0 amide bonds. The zero-order valence-electron chi connectivity index (χ0n) is 14.7. The van der Waals surface area contributed by atoms with Crippen LogP contribution in [0.5, 0.6) is 5.75 Å². The number of hydrogen-bond acceptors (Lipinski definition) is 5. The topological polar surface area (TPSA) is 82.7 Å². The molecule has 7 heteroatoms. The Morgan fingerprint density at radius 1 is 1.31 bits per heavy atom. The summed E-state index contributed by atoms with van der Waals surface area (Å²) in [4.78, 5) is 0. The van der Waals surface area contributed by atoms with Crippen LogP contribution in [0.4, 0.5) is 10.3 Å². The van der Waals surface area contributed by atoms with Crippen LogP contribution in [0.3, 0.4) is 0 Å². The quantitative estimate of drug-likeness (QED) is 0.653. The van der Waals surface area contributed by atoms with Crippen molar-refractivity contribution in [1.29, 1.82) is 0 Å². The minimum Gasteiger partial charge on any atom is -0.507 e. The zero-order chi connectivity index (χ0) is 18.5. The lowest BCUT2D eigenvalue weighted by Gasteiger charge is -2.19. The number of aliphatic hydroxyl groups is 1. The van der Waals surface area contributed by atoms with Crippen LogP contribution < -0.4 is 5.32 Å². The Morgan fingerprint density at radius 3 is 2.73 bits per heavy atom. The molecule has 1 aliphatic rings. The normalized spacial score (nSPS) is 14.8. The van der Waals surface area contributed by atoms with Crippen molar-refractivity contribution in [2.45, 2.75) is 38.2 Å². The lowest BCUT2D eigenvalue weighted by molar-refractivity contribution is 0.0943. The summed E-state index contributed by atoms with van der Waals surface area (Å²) in [6.45, 7) is 3.65. The van der Waals surface area contributed by atoms with Gasteiger partial charge in [-0.2, -0.15) is 0 Å². The van der Waals surface area contributed by atoms with Gasteiger partial charge in [-0.25, -0.2) is 4.39 Å². The van der Waals surface area contributed by atoms with Crippen molar-refractivity contribution in [2.24, 2.45) is 0 Å². The highest BCUT2D eigenvalue weighted by molar-refractivity contribution is 5.81. The molecule has 0 radical (unpaired) electrons. The van der Waals surface area contributed by atoms with Gasteiger partial charge in [-0.05, 0) is 62.4 Å². The summed E-state index contributed by atoms with van der Waals surface area (Å²) in [6, 6.07) is 6.68. The van der Waals surface area contributed by atoms with E-state index in [2.05, 4.69) is 15.5 Å². The molecule has 4 rings (SSSR count). The van der Waals surface area contributed by atoms with E-state index in [0.29, 0.717) is 17.4 Å². The van der Waals surface area contributed by atoms with Crippen LogP contribution in [0, 0.1) is 5.82 Å². The highest BCUT2D eigenvalue weighted by atomic mass is 19.1. The average molecular weight is 356 g/mol. The number of nitrogens with zero attached hydrogens (tertiary/aromatic N) is 3. The molecule has 3 aromatic rings. The van der Waals surface area contributed by atoms with Crippen LogP contribution in [0.2, 0.25) is 0 Å². The van der Waals surface area contributed by atoms with Gasteiger partial charge >= 0.3 is 0 Å². The number of benzene rings is 1. The van der Waals surface area contributed by atoms with Gasteiger partial charge in [-0.3, -0.25) is 4.40 Å². The maximum absolute atomic E-state index is 14.7. The molecule has 1 fully saturated rings. The Hall–Kier alpha value is -2.67. The summed E-state index contributed by atoms with van der Waals surface area (Å²) in [5.74, 6) is 0.158. The third-order valence-corrected chi connectivity index (χ3v) is 4.52. The third kappa shape index (κ3) is 3.10. The molecule has 1 saturated carbocycles. The maximum Gasteiger partial charge on any atom is 0.227 e. The summed E-state index contributed by atoms with van der Waals surface area (Å²) < 4.78 is 16.5. The number of aromatic hydroxyl groups is 1. The number of aromatic nitrogens is 3. The van der Waals surface area contributed by atoms with Crippen molar-refractivity contribution in [1.82, 2.24) is 14.6 Å². The van der Waals surface area contributed by atoms with Crippen molar-refractivity contribution < 1.29 is 14.6 Å². The first-order chi connectivity index (χ1) is 12.3. The van der Waals surface area contributed by atoms with E-state index in [4.69, 9.17) is 0 Å². The Balaban J connectivity index is 1.78. The summed E-state index contributed by atoms with van der Waals surface area (Å²) >= 11 is 0. The summed E-state index contributed by atoms with van der Waals surface area (Å²) in [5, 5.41) is 31.6. The van der Waals surface area contributed by atoms with Gasteiger partial charge in [0.25, 0.3) is 0 Å². The Bertz CT molecular complexity index is 950. The molecule has 0 spiro atoms. The lowest BCUT2D eigenvalue weighted by Crippen LogP contribution is -2.30. The van der Waals surface area contributed by atoms with Gasteiger partial charge in [0.15, 0.2) is 0 Å². The standard InChI is InChI=1S/C19H21FN4O2/c1-19(2,26)10-21-18-23-22-17(14-4-3-7-24(14)18)16-13(20)8-12(9-15(16)25)11-5-6-11/h3-4,7-9,11,25-26H,5-6,10H2,1-2H3,(H,21,23). The molecular formula is C19H21FN4O2. The minimum absolute atomic E-state index is 0.0552. The fourth-order valence-corrected chi connectivity index (χ4v) is 3.05. The SMILES string of the molecule is CC(C)(O)CNc1nnc(-c2c(O)cc(C3CC3)cc2F)c2cccn12. The van der Waals surface area contributed by atoms with Crippen molar-refractivity contribution in [3.63, 3.8) is 0 Å². The average Bonchev–Trinajstić information content (AvgIpc) is 3.29. The highest BCUT2D eigenvalue weighted by Crippen LogP contribution is 2.44. The maximum atomic E-state index is 14.7. The molecule has 2 aromatic heterocycles. The van der Waals surface area contributed by atoms with Gasteiger partial charge in [0.2, 0.25) is 5.95 Å². The Morgan fingerprint density at radius 2 is 2.08 bits per heavy atom. The van der Waals surface area contributed by atoms with Crippen LogP contribution in [-0.2, 0) is 0 Å². The molecule has 0 bridgehead atoms. The number of anilines is 1. The molecule has 6 nitrogen and oxygen atoms in total. The smallest absolute Gasteiger partial charge is 0.227 e. The van der Waals surface area contributed by atoms with Gasteiger partial charge in [-0.15, -0.1) is 10.2 Å². The number of hydrogen-bond donors (Lipinski definition) is 3. The molecule has 0 aliphatic heterocycles. The first-order valence-corrected chi connectivity index (χ1v) is 8.66. The van der Waals surface area contributed by atoms with Crippen LogP contribution >= 0.6 is 0 Å². The van der Waals surface area contributed by atoms with Gasteiger partial charge in [0, 0.05) is 12.7 Å². The second-order valence-corrected chi connectivity index (χ2v) is 7.47. The molecule has 136 valence electrons. The Kier molecular flexibility index (Phi) is 3.84. The predicted octanol–water partition coefficient (Wildman–Crippen LogP) is 3.30. The summed E-state index contributed by atoms with van der Waals surface area (Å²) in [6.07, 6.45) is 3.83. The van der Waals surface area contributed by atoms with E-state index in [1.165, 1.54) is 6.07 Å². The largest absolute Gasteiger partial charge is 0.507 e. The number of rotatable bonds is 5.